The van der Waals surface area contributed by atoms with Crippen LogP contribution in [0.15, 0.2) is 64.6 Å². The van der Waals surface area contributed by atoms with Crippen LogP contribution >= 0.6 is 0 Å². The molecule has 0 spiro atoms. The number of hydrogen-bond donors (Lipinski definition) is 3. The summed E-state index contributed by atoms with van der Waals surface area (Å²) in [5, 5.41) is 15.0. The second-order valence-corrected chi connectivity index (χ2v) is 11.3. The van der Waals surface area contributed by atoms with Crippen molar-refractivity contribution in [2.24, 2.45) is 15.9 Å². The van der Waals surface area contributed by atoms with Gasteiger partial charge < -0.3 is 29.8 Å². The molecule has 45 heavy (non-hydrogen) atoms. The number of nitrogens with one attached hydrogen (secondary N) is 2. The Morgan fingerprint density at radius 2 is 1.62 bits per heavy atom. The zero-order chi connectivity index (χ0) is 34.5. The van der Waals surface area contributed by atoms with Crippen molar-refractivity contribution >= 4 is 37.6 Å². The van der Waals surface area contributed by atoms with Crippen LogP contribution < -0.4 is 10.6 Å². The third-order valence-corrected chi connectivity index (χ3v) is 7.03. The molecule has 0 amide bonds. The van der Waals surface area contributed by atoms with Crippen LogP contribution in [0.25, 0.3) is 0 Å². The van der Waals surface area contributed by atoms with Crippen LogP contribution in [-0.2, 0) is 24.5 Å². The van der Waals surface area contributed by atoms with E-state index in [1.165, 1.54) is 11.8 Å². The zero-order valence-corrected chi connectivity index (χ0v) is 28.7. The molecule has 0 bridgehead atoms. The highest BCUT2D eigenvalue weighted by Crippen LogP contribution is 2.45. The molecule has 1 fully saturated rings. The molecule has 3 N–H and O–H groups in total. The van der Waals surface area contributed by atoms with Gasteiger partial charge in [-0.1, -0.05) is 61.9 Å². The Hall–Kier alpha value is -3.51. The number of aliphatic imine (C=N–C) groups is 2. The van der Waals surface area contributed by atoms with E-state index >= 15 is 0 Å². The first-order chi connectivity index (χ1) is 21.3. The van der Waals surface area contributed by atoms with Gasteiger partial charge in [-0.05, 0) is 78.7 Å². The molecule has 2 atom stereocenters. The Morgan fingerprint density at radius 3 is 1.98 bits per heavy atom. The molecule has 10 nitrogen and oxygen atoms in total. The van der Waals surface area contributed by atoms with E-state index in [0.717, 1.165) is 18.3 Å². The van der Waals surface area contributed by atoms with Gasteiger partial charge in [0.15, 0.2) is 6.29 Å². The summed E-state index contributed by atoms with van der Waals surface area (Å²) < 4.78 is 12.6. The third kappa shape index (κ3) is 14.9. The summed E-state index contributed by atoms with van der Waals surface area (Å²) in [7, 11) is 4.86. The van der Waals surface area contributed by atoms with Gasteiger partial charge in [-0.2, -0.15) is 0 Å². The van der Waals surface area contributed by atoms with Gasteiger partial charge in [-0.3, -0.25) is 14.8 Å². The Morgan fingerprint density at radius 1 is 1.02 bits per heavy atom. The minimum Gasteiger partial charge on any atom is -0.478 e. The maximum atomic E-state index is 11.1. The lowest BCUT2D eigenvalue weighted by molar-refractivity contribution is -0.107. The number of carbonyl (C=O) groups is 3. The average molecular weight is 625 g/mol. The predicted octanol–water partition coefficient (Wildman–Crippen LogP) is 4.83. The number of carboxylic acids is 1. The Balaban J connectivity index is 0.000000747. The topological polar surface area (TPSA) is 139 Å². The number of rotatable bonds is 11. The van der Waals surface area contributed by atoms with Gasteiger partial charge in [0, 0.05) is 25.7 Å². The number of aryl methyl sites for hydroxylation is 1. The summed E-state index contributed by atoms with van der Waals surface area (Å²) in [4.78, 5) is 37.9. The summed E-state index contributed by atoms with van der Waals surface area (Å²) in [6.45, 7) is 15.5. The normalized spacial score (nSPS) is 17.7. The molecule has 2 aromatic rings. The molecule has 1 heterocycles. The number of likely N-dealkylation sites (N-methyl/N-ethyl adjacent to an activating group) is 1. The lowest BCUT2D eigenvalue weighted by Crippen LogP contribution is -2.44. The molecule has 3 rings (SSSR count). The summed E-state index contributed by atoms with van der Waals surface area (Å²) in [6.07, 6.45) is 3.91. The van der Waals surface area contributed by atoms with Crippen LogP contribution in [0, 0.1) is 12.8 Å². The van der Waals surface area contributed by atoms with Gasteiger partial charge in [-0.15, -0.1) is 0 Å². The van der Waals surface area contributed by atoms with Crippen LogP contribution in [0.3, 0.4) is 0 Å². The molecule has 1 aliphatic heterocycles. The highest BCUT2D eigenvalue weighted by atomic mass is 16.7. The number of benzene rings is 2. The first-order valence-electron chi connectivity index (χ1n) is 15.1. The fraction of sp³-hybridized carbons (Fsp3) is 0.500. The van der Waals surface area contributed by atoms with Crippen LogP contribution in [0.1, 0.15) is 69.4 Å². The van der Waals surface area contributed by atoms with Crippen molar-refractivity contribution in [3.8, 4) is 0 Å². The van der Waals surface area contributed by atoms with E-state index in [1.807, 2.05) is 65.1 Å². The van der Waals surface area contributed by atoms with Crippen LogP contribution in [0.2, 0.25) is 0 Å². The molecular formula is C34H53BN4O6. The van der Waals surface area contributed by atoms with Gasteiger partial charge in [0.25, 0.3) is 0 Å². The Bertz CT molecular complexity index is 1190. The fourth-order valence-corrected chi connectivity index (χ4v) is 4.13. The fourth-order valence-electron chi connectivity index (χ4n) is 4.13. The van der Waals surface area contributed by atoms with E-state index in [0.29, 0.717) is 31.0 Å². The van der Waals surface area contributed by atoms with Gasteiger partial charge in [0.05, 0.1) is 17.7 Å². The first kappa shape index (κ1) is 41.5. The molecule has 1 aliphatic rings. The molecule has 2 unspecified atom stereocenters. The lowest BCUT2D eigenvalue weighted by Gasteiger charge is -2.37. The summed E-state index contributed by atoms with van der Waals surface area (Å²) in [5.74, 6) is -0.302. The van der Waals surface area contributed by atoms with E-state index in [9.17, 15) is 14.4 Å². The number of nitrogens with zero attached hydrogens (tertiary/aromatic N) is 2. The lowest BCUT2D eigenvalue weighted by atomic mass is 9.74. The molecule has 11 heteroatoms. The molecular weight excluding hydrogens is 571 g/mol. The average Bonchev–Trinajstić information content (AvgIpc) is 3.27. The van der Waals surface area contributed by atoms with Crippen LogP contribution in [0.4, 0.5) is 0 Å². The number of carboxylic acid groups (broad SMARTS) is 1. The van der Waals surface area contributed by atoms with Gasteiger partial charge in [-0.25, -0.2) is 4.79 Å². The number of hydrogen-bond acceptors (Lipinski definition) is 9. The third-order valence-electron chi connectivity index (χ3n) is 7.03. The predicted molar refractivity (Wildman–Crippen MR) is 185 cm³/mol. The van der Waals surface area contributed by atoms with Crippen molar-refractivity contribution in [1.29, 1.82) is 0 Å². The van der Waals surface area contributed by atoms with Gasteiger partial charge >= 0.3 is 13.1 Å². The molecule has 0 aromatic heterocycles. The summed E-state index contributed by atoms with van der Waals surface area (Å²) in [5.41, 5.74) is 1.71. The summed E-state index contributed by atoms with van der Waals surface area (Å²) in [6, 6.07) is 17.1. The van der Waals surface area contributed by atoms with Crippen LogP contribution in [-0.4, -0.2) is 88.5 Å². The molecule has 2 aromatic carbocycles. The quantitative estimate of drug-likeness (QED) is 0.184. The first-order valence-corrected chi connectivity index (χ1v) is 15.1. The minimum atomic E-state index is -0.931. The molecule has 1 saturated heterocycles. The highest BCUT2D eigenvalue weighted by molar-refractivity contribution is 6.54. The second kappa shape index (κ2) is 22.1. The standard InChI is InChI=1S/C18H28BNO4.C7H8.C6H10N2O.C3H7NO/c1-12(2)11-15(20-6)19-23-17(3,4)18(5,24-19)14-9-7-13(8-10-14)16(21)22;1-7-5-3-2-4-6-7;1-3-8-4-6(5-9)7-2;1-4-2-3-5/h7-10,12,15,20H,11H2,1-6H3,(H,21,22);2-6H,1H3;4-5H,3H2,1-2H3;3-4H,2H2,1H3. The van der Waals surface area contributed by atoms with E-state index in [2.05, 4.69) is 53.5 Å². The van der Waals surface area contributed by atoms with E-state index < -0.39 is 17.2 Å². The highest BCUT2D eigenvalue weighted by Gasteiger charge is 2.57. The summed E-state index contributed by atoms with van der Waals surface area (Å²) >= 11 is 0. The molecule has 248 valence electrons. The van der Waals surface area contributed by atoms with E-state index in [-0.39, 0.29) is 18.6 Å². The maximum Gasteiger partial charge on any atom is 0.476 e. The zero-order valence-electron chi connectivity index (χ0n) is 28.7. The SMILES string of the molecule is CCN=CC(C=O)=NC.CNC(CC(C)C)B1OC(C)(C)C(C)(c2ccc(C(=O)O)cc2)O1.CNCC=O.Cc1ccccc1. The maximum absolute atomic E-state index is 11.1. The van der Waals surface area contributed by atoms with Gasteiger partial charge in [0.1, 0.15) is 17.6 Å². The minimum absolute atomic E-state index is 0.101. The second-order valence-electron chi connectivity index (χ2n) is 11.3. The van der Waals surface area contributed by atoms with E-state index in [4.69, 9.17) is 14.4 Å². The molecule has 0 saturated carbocycles. The van der Waals surface area contributed by atoms with Crippen molar-refractivity contribution in [3.05, 3.63) is 71.3 Å². The van der Waals surface area contributed by atoms with Crippen molar-refractivity contribution in [1.82, 2.24) is 10.6 Å². The van der Waals surface area contributed by atoms with Crippen molar-refractivity contribution < 1.29 is 28.8 Å². The van der Waals surface area contributed by atoms with Crippen molar-refractivity contribution in [2.45, 2.75) is 72.0 Å². The number of aldehydes is 2. The van der Waals surface area contributed by atoms with E-state index in [1.54, 1.807) is 26.2 Å². The molecule has 0 aliphatic carbocycles. The Labute approximate surface area is 270 Å². The number of carbonyl (C=O) groups excluding carboxylic acids is 2. The van der Waals surface area contributed by atoms with Crippen molar-refractivity contribution in [2.75, 3.05) is 34.2 Å². The Kier molecular flexibility index (Phi) is 20.4. The van der Waals surface area contributed by atoms with Gasteiger partial charge in [0.2, 0.25) is 0 Å². The van der Waals surface area contributed by atoms with Crippen molar-refractivity contribution in [3.63, 3.8) is 0 Å². The molecule has 0 radical (unpaired) electrons. The van der Waals surface area contributed by atoms with Crippen LogP contribution in [0.5, 0.6) is 0 Å². The largest absolute Gasteiger partial charge is 0.478 e. The smallest absolute Gasteiger partial charge is 0.476 e. The number of aromatic carboxylic acids is 1. The monoisotopic (exact) mass is 624 g/mol.